The number of pyridine rings is 1. The molecule has 0 radical (unpaired) electrons. The van der Waals surface area contributed by atoms with Crippen molar-refractivity contribution in [3.05, 3.63) is 54.0 Å². The predicted molar refractivity (Wildman–Crippen MR) is 68.3 cm³/mol. The van der Waals surface area contributed by atoms with Crippen LogP contribution in [-0.2, 0) is 5.41 Å². The molecule has 17 heavy (non-hydrogen) atoms. The summed E-state index contributed by atoms with van der Waals surface area (Å²) in [5, 5.41) is 0. The largest absolute Gasteiger partial charge is 0.256 e. The highest BCUT2D eigenvalue weighted by atomic mass is 19.1. The molecule has 0 bridgehead atoms. The van der Waals surface area contributed by atoms with Gasteiger partial charge in [0.25, 0.3) is 0 Å². The van der Waals surface area contributed by atoms with E-state index in [1.54, 1.807) is 18.3 Å². The molecule has 1 aromatic heterocycles. The third-order valence-electron chi connectivity index (χ3n) is 2.78. The minimum Gasteiger partial charge on any atom is -0.256 e. The Morgan fingerprint density at radius 1 is 1.06 bits per heavy atom. The van der Waals surface area contributed by atoms with Crippen molar-refractivity contribution < 1.29 is 4.39 Å². The number of benzene rings is 1. The summed E-state index contributed by atoms with van der Waals surface area (Å²) in [5.41, 5.74) is 2.18. The van der Waals surface area contributed by atoms with Crippen molar-refractivity contribution in [3.8, 4) is 11.3 Å². The van der Waals surface area contributed by atoms with E-state index in [0.29, 0.717) is 11.3 Å². The summed E-state index contributed by atoms with van der Waals surface area (Å²) >= 11 is 0. The van der Waals surface area contributed by atoms with Gasteiger partial charge in [0.2, 0.25) is 0 Å². The first kappa shape index (κ1) is 11.8. The van der Waals surface area contributed by atoms with Gasteiger partial charge in [-0.2, -0.15) is 0 Å². The first-order valence-electron chi connectivity index (χ1n) is 5.70. The average molecular weight is 229 g/mol. The summed E-state index contributed by atoms with van der Waals surface area (Å²) in [6.07, 6.45) is 1.67. The van der Waals surface area contributed by atoms with Crippen LogP contribution in [0.4, 0.5) is 4.39 Å². The Bertz CT molecular complexity index is 512. The third-order valence-corrected chi connectivity index (χ3v) is 2.78. The Labute approximate surface area is 101 Å². The quantitative estimate of drug-likeness (QED) is 0.714. The molecule has 0 fully saturated rings. The first-order chi connectivity index (χ1) is 7.98. The van der Waals surface area contributed by atoms with E-state index >= 15 is 0 Å². The molecule has 2 heteroatoms. The molecule has 1 nitrogen and oxygen atoms in total. The molecule has 0 aliphatic rings. The van der Waals surface area contributed by atoms with E-state index in [1.165, 1.54) is 0 Å². The Balaban J connectivity index is 2.46. The minimum absolute atomic E-state index is 0.0382. The van der Waals surface area contributed by atoms with Gasteiger partial charge in [0.1, 0.15) is 5.82 Å². The summed E-state index contributed by atoms with van der Waals surface area (Å²) in [6.45, 7) is 6.21. The molecule has 1 aromatic carbocycles. The van der Waals surface area contributed by atoms with Gasteiger partial charge in [-0.05, 0) is 35.2 Å². The maximum atomic E-state index is 14.0. The number of rotatable bonds is 1. The van der Waals surface area contributed by atoms with Crippen molar-refractivity contribution in [1.29, 1.82) is 0 Å². The molecule has 2 aromatic rings. The molecule has 0 unspecified atom stereocenters. The Morgan fingerprint density at radius 2 is 1.82 bits per heavy atom. The fraction of sp³-hybridized carbons (Fsp3) is 0.267. The molecular weight excluding hydrogens is 213 g/mol. The second-order valence-corrected chi connectivity index (χ2v) is 5.16. The Morgan fingerprint density at radius 3 is 2.35 bits per heavy atom. The zero-order valence-electron chi connectivity index (χ0n) is 10.4. The van der Waals surface area contributed by atoms with Crippen LogP contribution in [0.15, 0.2) is 42.6 Å². The Hall–Kier alpha value is -1.70. The molecule has 0 saturated carbocycles. The third kappa shape index (κ3) is 2.52. The van der Waals surface area contributed by atoms with Gasteiger partial charge in [0.15, 0.2) is 0 Å². The van der Waals surface area contributed by atoms with Crippen LogP contribution in [0.1, 0.15) is 26.3 Å². The lowest BCUT2D eigenvalue weighted by molar-refractivity contribution is 0.573. The molecule has 0 amide bonds. The highest BCUT2D eigenvalue weighted by molar-refractivity contribution is 5.60. The van der Waals surface area contributed by atoms with Crippen molar-refractivity contribution in [2.45, 2.75) is 26.2 Å². The van der Waals surface area contributed by atoms with Gasteiger partial charge in [-0.25, -0.2) is 4.39 Å². The van der Waals surface area contributed by atoms with Gasteiger partial charge < -0.3 is 0 Å². The SMILES string of the molecule is CC(C)(C)c1ccc(-c2ccccn2)c(F)c1. The fourth-order valence-electron chi connectivity index (χ4n) is 1.71. The highest BCUT2D eigenvalue weighted by Crippen LogP contribution is 2.27. The van der Waals surface area contributed by atoms with E-state index in [-0.39, 0.29) is 11.2 Å². The van der Waals surface area contributed by atoms with Crippen LogP contribution in [0.5, 0.6) is 0 Å². The normalized spacial score (nSPS) is 11.5. The van der Waals surface area contributed by atoms with E-state index in [9.17, 15) is 4.39 Å². The fourth-order valence-corrected chi connectivity index (χ4v) is 1.71. The second-order valence-electron chi connectivity index (χ2n) is 5.16. The number of hydrogen-bond donors (Lipinski definition) is 0. The number of aromatic nitrogens is 1. The monoisotopic (exact) mass is 229 g/mol. The van der Waals surface area contributed by atoms with Gasteiger partial charge in [-0.1, -0.05) is 32.9 Å². The van der Waals surface area contributed by atoms with Gasteiger partial charge >= 0.3 is 0 Å². The standard InChI is InChI=1S/C15H16FN/c1-15(2,3)11-7-8-12(13(16)10-11)14-6-4-5-9-17-14/h4-10H,1-3H3. The molecule has 0 aliphatic heterocycles. The smallest absolute Gasteiger partial charge is 0.132 e. The molecule has 0 aliphatic carbocycles. The highest BCUT2D eigenvalue weighted by Gasteiger charge is 2.16. The van der Waals surface area contributed by atoms with Crippen molar-refractivity contribution in [1.82, 2.24) is 4.98 Å². The predicted octanol–water partition coefficient (Wildman–Crippen LogP) is 4.19. The summed E-state index contributed by atoms with van der Waals surface area (Å²) in [6, 6.07) is 10.9. The van der Waals surface area contributed by atoms with Crippen LogP contribution < -0.4 is 0 Å². The van der Waals surface area contributed by atoms with E-state index < -0.39 is 0 Å². The lowest BCUT2D eigenvalue weighted by Gasteiger charge is -2.19. The number of nitrogens with zero attached hydrogens (tertiary/aromatic N) is 1. The molecule has 88 valence electrons. The summed E-state index contributed by atoms with van der Waals surface area (Å²) in [5.74, 6) is -0.212. The Kier molecular flexibility index (Phi) is 2.97. The van der Waals surface area contributed by atoms with Crippen LogP contribution in [0.2, 0.25) is 0 Å². The van der Waals surface area contributed by atoms with E-state index in [0.717, 1.165) is 5.56 Å². The van der Waals surface area contributed by atoms with E-state index in [2.05, 4.69) is 25.8 Å². The maximum absolute atomic E-state index is 14.0. The van der Waals surface area contributed by atoms with Gasteiger partial charge in [0.05, 0.1) is 5.69 Å². The molecule has 0 spiro atoms. The van der Waals surface area contributed by atoms with Crippen LogP contribution in [0.3, 0.4) is 0 Å². The molecule has 0 atom stereocenters. The van der Waals surface area contributed by atoms with E-state index in [1.807, 2.05) is 24.3 Å². The summed E-state index contributed by atoms with van der Waals surface area (Å²) in [4.78, 5) is 4.16. The van der Waals surface area contributed by atoms with Gasteiger partial charge in [-0.15, -0.1) is 0 Å². The lowest BCUT2D eigenvalue weighted by Crippen LogP contribution is -2.11. The molecule has 0 N–H and O–H groups in total. The molecule has 1 heterocycles. The van der Waals surface area contributed by atoms with Crippen LogP contribution in [-0.4, -0.2) is 4.98 Å². The summed E-state index contributed by atoms with van der Waals surface area (Å²) in [7, 11) is 0. The van der Waals surface area contributed by atoms with Gasteiger partial charge in [0, 0.05) is 11.8 Å². The minimum atomic E-state index is -0.212. The molecule has 2 rings (SSSR count). The van der Waals surface area contributed by atoms with Crippen molar-refractivity contribution in [3.63, 3.8) is 0 Å². The second kappa shape index (κ2) is 4.28. The molecule has 0 saturated heterocycles. The van der Waals surface area contributed by atoms with Crippen molar-refractivity contribution in [2.75, 3.05) is 0 Å². The van der Waals surface area contributed by atoms with Crippen LogP contribution >= 0.6 is 0 Å². The lowest BCUT2D eigenvalue weighted by atomic mass is 9.86. The van der Waals surface area contributed by atoms with Crippen molar-refractivity contribution >= 4 is 0 Å². The number of hydrogen-bond acceptors (Lipinski definition) is 1. The van der Waals surface area contributed by atoms with Crippen LogP contribution in [0.25, 0.3) is 11.3 Å². The average Bonchev–Trinajstić information content (AvgIpc) is 2.29. The number of halogens is 1. The van der Waals surface area contributed by atoms with Gasteiger partial charge in [-0.3, -0.25) is 4.98 Å². The molecular formula is C15H16FN. The topological polar surface area (TPSA) is 12.9 Å². The maximum Gasteiger partial charge on any atom is 0.132 e. The van der Waals surface area contributed by atoms with Crippen LogP contribution in [0, 0.1) is 5.82 Å². The van der Waals surface area contributed by atoms with E-state index in [4.69, 9.17) is 0 Å². The first-order valence-corrected chi connectivity index (χ1v) is 5.70. The summed E-state index contributed by atoms with van der Waals surface area (Å²) < 4.78 is 14.0. The zero-order valence-corrected chi connectivity index (χ0v) is 10.4. The zero-order chi connectivity index (χ0) is 12.5. The van der Waals surface area contributed by atoms with Crippen molar-refractivity contribution in [2.24, 2.45) is 0 Å².